The SMILES string of the molecule is O=C(Cc1cccc2ccccc12)NCC1(N2CCOCC2)CCCCC1. The zero-order valence-electron chi connectivity index (χ0n) is 16.1. The number of hydrogen-bond acceptors (Lipinski definition) is 3. The van der Waals surface area contributed by atoms with Gasteiger partial charge < -0.3 is 10.1 Å². The fourth-order valence-corrected chi connectivity index (χ4v) is 4.80. The lowest BCUT2D eigenvalue weighted by atomic mass is 9.79. The molecule has 0 aromatic heterocycles. The van der Waals surface area contributed by atoms with Gasteiger partial charge >= 0.3 is 0 Å². The van der Waals surface area contributed by atoms with Crippen molar-refractivity contribution in [2.75, 3.05) is 32.8 Å². The van der Waals surface area contributed by atoms with Gasteiger partial charge in [0.2, 0.25) is 5.91 Å². The lowest BCUT2D eigenvalue weighted by molar-refractivity contribution is -0.121. The lowest BCUT2D eigenvalue weighted by Gasteiger charge is -2.48. The summed E-state index contributed by atoms with van der Waals surface area (Å²) in [5.74, 6) is 0.129. The minimum absolute atomic E-state index is 0.121. The lowest BCUT2D eigenvalue weighted by Crippen LogP contribution is -2.59. The Bertz CT molecular complexity index is 772. The second-order valence-electron chi connectivity index (χ2n) is 7.98. The summed E-state index contributed by atoms with van der Waals surface area (Å²) in [4.78, 5) is 15.3. The second kappa shape index (κ2) is 8.41. The van der Waals surface area contributed by atoms with E-state index in [1.54, 1.807) is 0 Å². The third-order valence-electron chi connectivity index (χ3n) is 6.31. The van der Waals surface area contributed by atoms with E-state index in [1.807, 2.05) is 18.2 Å². The van der Waals surface area contributed by atoms with E-state index in [0.717, 1.165) is 38.4 Å². The number of benzene rings is 2. The van der Waals surface area contributed by atoms with E-state index in [2.05, 4.69) is 34.5 Å². The standard InChI is InChI=1S/C23H30N2O2/c26-22(17-20-9-6-8-19-7-2-3-10-21(19)20)24-18-23(11-4-1-5-12-23)25-13-15-27-16-14-25/h2-3,6-10H,1,4-5,11-18H2,(H,24,26). The van der Waals surface area contributed by atoms with Crippen LogP contribution in [-0.4, -0.2) is 49.2 Å². The molecule has 1 amide bonds. The molecule has 2 fully saturated rings. The summed E-state index contributed by atoms with van der Waals surface area (Å²) in [7, 11) is 0. The van der Waals surface area contributed by atoms with Crippen LogP contribution in [0.25, 0.3) is 10.8 Å². The molecule has 1 heterocycles. The van der Waals surface area contributed by atoms with Crippen molar-refractivity contribution >= 4 is 16.7 Å². The Morgan fingerprint density at radius 1 is 1.00 bits per heavy atom. The van der Waals surface area contributed by atoms with Gasteiger partial charge in [-0.05, 0) is 29.2 Å². The van der Waals surface area contributed by atoms with Crippen molar-refractivity contribution in [3.63, 3.8) is 0 Å². The second-order valence-corrected chi connectivity index (χ2v) is 7.98. The Morgan fingerprint density at radius 3 is 2.56 bits per heavy atom. The summed E-state index contributed by atoms with van der Waals surface area (Å²) >= 11 is 0. The van der Waals surface area contributed by atoms with Crippen molar-refractivity contribution in [1.29, 1.82) is 0 Å². The van der Waals surface area contributed by atoms with Gasteiger partial charge in [-0.3, -0.25) is 9.69 Å². The number of morpholine rings is 1. The van der Waals surface area contributed by atoms with Crippen molar-refractivity contribution in [2.45, 2.75) is 44.1 Å². The van der Waals surface area contributed by atoms with Gasteiger partial charge in [0.25, 0.3) is 0 Å². The summed E-state index contributed by atoms with van der Waals surface area (Å²) in [5.41, 5.74) is 1.23. The summed E-state index contributed by atoms with van der Waals surface area (Å²) in [6.07, 6.45) is 6.65. The summed E-state index contributed by atoms with van der Waals surface area (Å²) in [6, 6.07) is 14.5. The zero-order valence-corrected chi connectivity index (χ0v) is 16.1. The first-order valence-electron chi connectivity index (χ1n) is 10.3. The average molecular weight is 367 g/mol. The Balaban J connectivity index is 1.43. The first-order valence-corrected chi connectivity index (χ1v) is 10.3. The molecule has 2 aliphatic rings. The topological polar surface area (TPSA) is 41.6 Å². The molecular weight excluding hydrogens is 336 g/mol. The molecule has 4 nitrogen and oxygen atoms in total. The molecule has 2 aromatic carbocycles. The minimum atomic E-state index is 0.121. The maximum atomic E-state index is 12.8. The predicted octanol–water partition coefficient (Wildman–Crippen LogP) is 3.53. The largest absolute Gasteiger partial charge is 0.379 e. The van der Waals surface area contributed by atoms with E-state index < -0.39 is 0 Å². The van der Waals surface area contributed by atoms with Crippen molar-refractivity contribution in [1.82, 2.24) is 10.2 Å². The fourth-order valence-electron chi connectivity index (χ4n) is 4.80. The van der Waals surface area contributed by atoms with Crippen LogP contribution < -0.4 is 5.32 Å². The van der Waals surface area contributed by atoms with Gasteiger partial charge in [-0.25, -0.2) is 0 Å². The van der Waals surface area contributed by atoms with E-state index in [4.69, 9.17) is 4.74 Å². The molecule has 0 spiro atoms. The zero-order chi connectivity index (χ0) is 18.5. The molecule has 1 saturated carbocycles. The van der Waals surface area contributed by atoms with E-state index in [9.17, 15) is 4.79 Å². The van der Waals surface area contributed by atoms with Gasteiger partial charge in [0, 0.05) is 25.2 Å². The van der Waals surface area contributed by atoms with Crippen LogP contribution in [0.4, 0.5) is 0 Å². The number of rotatable bonds is 5. The van der Waals surface area contributed by atoms with Gasteiger partial charge in [-0.2, -0.15) is 0 Å². The van der Waals surface area contributed by atoms with Crippen LogP contribution in [0.15, 0.2) is 42.5 Å². The molecule has 1 N–H and O–H groups in total. The quantitative estimate of drug-likeness (QED) is 0.880. The molecule has 0 unspecified atom stereocenters. The van der Waals surface area contributed by atoms with E-state index in [-0.39, 0.29) is 11.4 Å². The molecule has 4 heteroatoms. The van der Waals surface area contributed by atoms with Gasteiger partial charge in [0.1, 0.15) is 0 Å². The number of nitrogens with zero attached hydrogens (tertiary/aromatic N) is 1. The van der Waals surface area contributed by atoms with Crippen molar-refractivity contribution in [3.05, 3.63) is 48.0 Å². The molecule has 4 rings (SSSR count). The van der Waals surface area contributed by atoms with Crippen LogP contribution in [0.2, 0.25) is 0 Å². The van der Waals surface area contributed by atoms with Crippen LogP contribution in [0.3, 0.4) is 0 Å². The third kappa shape index (κ3) is 4.17. The number of amides is 1. The molecule has 1 saturated heterocycles. The number of nitrogens with one attached hydrogen (secondary N) is 1. The molecule has 0 atom stereocenters. The third-order valence-corrected chi connectivity index (χ3v) is 6.31. The van der Waals surface area contributed by atoms with E-state index in [1.165, 1.54) is 42.9 Å². The molecule has 1 aliphatic heterocycles. The normalized spacial score (nSPS) is 20.4. The van der Waals surface area contributed by atoms with Crippen LogP contribution in [0, 0.1) is 0 Å². The molecule has 1 aliphatic carbocycles. The van der Waals surface area contributed by atoms with Gasteiger partial charge in [-0.1, -0.05) is 61.7 Å². The molecule has 144 valence electrons. The highest BCUT2D eigenvalue weighted by molar-refractivity contribution is 5.90. The smallest absolute Gasteiger partial charge is 0.224 e. The Hall–Kier alpha value is -1.91. The van der Waals surface area contributed by atoms with E-state index in [0.29, 0.717) is 6.42 Å². The highest BCUT2D eigenvalue weighted by Gasteiger charge is 2.38. The highest BCUT2D eigenvalue weighted by atomic mass is 16.5. The number of carbonyl (C=O) groups is 1. The maximum absolute atomic E-state index is 12.8. The molecule has 2 aromatic rings. The Kier molecular flexibility index (Phi) is 5.74. The van der Waals surface area contributed by atoms with Gasteiger partial charge in [0.15, 0.2) is 0 Å². The van der Waals surface area contributed by atoms with Crippen LogP contribution in [0.1, 0.15) is 37.7 Å². The highest BCUT2D eigenvalue weighted by Crippen LogP contribution is 2.34. The Labute approximate surface area is 161 Å². The van der Waals surface area contributed by atoms with Crippen LogP contribution >= 0.6 is 0 Å². The molecule has 27 heavy (non-hydrogen) atoms. The summed E-state index contributed by atoms with van der Waals surface area (Å²) < 4.78 is 5.55. The first kappa shape index (κ1) is 18.5. The van der Waals surface area contributed by atoms with Crippen LogP contribution in [-0.2, 0) is 16.0 Å². The monoisotopic (exact) mass is 366 g/mol. The molecular formula is C23H30N2O2. The Morgan fingerprint density at radius 2 is 1.74 bits per heavy atom. The number of fused-ring (bicyclic) bond motifs is 1. The van der Waals surface area contributed by atoms with Gasteiger partial charge in [0.05, 0.1) is 19.6 Å². The summed E-state index contributed by atoms with van der Waals surface area (Å²) in [5, 5.41) is 5.65. The predicted molar refractivity (Wildman–Crippen MR) is 109 cm³/mol. The molecule has 0 radical (unpaired) electrons. The van der Waals surface area contributed by atoms with Crippen molar-refractivity contribution < 1.29 is 9.53 Å². The molecule has 0 bridgehead atoms. The van der Waals surface area contributed by atoms with Crippen LogP contribution in [0.5, 0.6) is 0 Å². The summed E-state index contributed by atoms with van der Waals surface area (Å²) in [6.45, 7) is 4.35. The van der Waals surface area contributed by atoms with Crippen molar-refractivity contribution in [3.8, 4) is 0 Å². The maximum Gasteiger partial charge on any atom is 0.224 e. The number of ether oxygens (including phenoxy) is 1. The van der Waals surface area contributed by atoms with Gasteiger partial charge in [-0.15, -0.1) is 0 Å². The van der Waals surface area contributed by atoms with Crippen molar-refractivity contribution in [2.24, 2.45) is 0 Å². The first-order chi connectivity index (χ1) is 13.3. The average Bonchev–Trinajstić information content (AvgIpc) is 2.74. The number of hydrogen-bond donors (Lipinski definition) is 1. The fraction of sp³-hybridized carbons (Fsp3) is 0.522. The van der Waals surface area contributed by atoms with E-state index >= 15 is 0 Å². The minimum Gasteiger partial charge on any atom is -0.379 e. The number of carbonyl (C=O) groups excluding carboxylic acids is 1.